The van der Waals surface area contributed by atoms with Crippen LogP contribution in [0.15, 0.2) is 61.2 Å². The number of anilines is 2. The molecule has 0 saturated carbocycles. The van der Waals surface area contributed by atoms with Gasteiger partial charge in [-0.2, -0.15) is 10.2 Å². The third kappa shape index (κ3) is 6.32. The molecule has 4 aromatic heterocycles. The summed E-state index contributed by atoms with van der Waals surface area (Å²) < 4.78 is 59.2. The molecule has 300 valence electrons. The van der Waals surface area contributed by atoms with Crippen LogP contribution in [-0.4, -0.2) is 91.4 Å². The Hall–Kier alpha value is -5.95. The van der Waals surface area contributed by atoms with Gasteiger partial charge in [-0.1, -0.05) is 0 Å². The van der Waals surface area contributed by atoms with Crippen LogP contribution in [0.5, 0.6) is 11.5 Å². The van der Waals surface area contributed by atoms with Crippen molar-refractivity contribution in [1.82, 2.24) is 39.8 Å². The maximum absolute atomic E-state index is 15.5. The largest absolute Gasteiger partial charge is 0.483 e. The first-order valence-electron chi connectivity index (χ1n) is 19.1. The highest BCUT2D eigenvalue weighted by molar-refractivity contribution is 5.99. The van der Waals surface area contributed by atoms with E-state index in [0.29, 0.717) is 81.5 Å². The van der Waals surface area contributed by atoms with Crippen LogP contribution in [0, 0.1) is 11.6 Å². The third-order valence-corrected chi connectivity index (χ3v) is 11.3. The number of nitrogens with one attached hydrogen (secondary N) is 4. The second-order valence-corrected chi connectivity index (χ2v) is 15.5. The van der Waals surface area contributed by atoms with Gasteiger partial charge < -0.3 is 40.0 Å². The number of carbonyl (C=O) groups excluding carboxylic acids is 1. The molecule has 1 unspecified atom stereocenters. The Bertz CT molecular complexity index is 2600. The summed E-state index contributed by atoms with van der Waals surface area (Å²) in [5, 5.41) is 33.0. The first-order chi connectivity index (χ1) is 28.1. The molecule has 58 heavy (non-hydrogen) atoms. The lowest BCUT2D eigenvalue weighted by molar-refractivity contribution is -0.0238. The number of aromatic nitrogens is 6. The fourth-order valence-electron chi connectivity index (χ4n) is 8.60. The van der Waals surface area contributed by atoms with Gasteiger partial charge in [-0.05, 0) is 49.7 Å². The van der Waals surface area contributed by atoms with E-state index in [2.05, 4.69) is 31.5 Å². The van der Waals surface area contributed by atoms with Crippen molar-refractivity contribution in [2.24, 2.45) is 0 Å². The Morgan fingerprint density at radius 1 is 0.862 bits per heavy atom. The van der Waals surface area contributed by atoms with E-state index in [-0.39, 0.29) is 44.4 Å². The van der Waals surface area contributed by atoms with Crippen LogP contribution in [0.4, 0.5) is 20.4 Å². The maximum atomic E-state index is 15.5. The summed E-state index contributed by atoms with van der Waals surface area (Å²) in [5.74, 6) is 0.781. The fraction of sp³-hybridized carbons (Fsp3) is 0.375. The summed E-state index contributed by atoms with van der Waals surface area (Å²) in [6, 6.07) is 8.35. The highest BCUT2D eigenvalue weighted by atomic mass is 19.1. The molecule has 18 heteroatoms. The summed E-state index contributed by atoms with van der Waals surface area (Å²) in [5.41, 5.74) is 2.02. The van der Waals surface area contributed by atoms with E-state index in [4.69, 9.17) is 28.9 Å². The molecule has 6 aromatic rings. The number of fused-ring (bicyclic) bond motifs is 4. The van der Waals surface area contributed by atoms with Crippen molar-refractivity contribution >= 4 is 28.8 Å². The quantitative estimate of drug-likeness (QED) is 0.147. The number of methoxy groups -OCH3 is 1. The molecular formula is C40H40F2N10O6. The third-order valence-electron chi connectivity index (χ3n) is 11.3. The van der Waals surface area contributed by atoms with E-state index < -0.39 is 41.1 Å². The lowest BCUT2D eigenvalue weighted by Gasteiger charge is -2.31. The Balaban J connectivity index is 0.960. The molecule has 4 aliphatic rings. The average Bonchev–Trinajstić information content (AvgIpc) is 3.99. The van der Waals surface area contributed by atoms with E-state index in [9.17, 15) is 9.90 Å². The van der Waals surface area contributed by atoms with Crippen LogP contribution in [0.2, 0.25) is 0 Å². The summed E-state index contributed by atoms with van der Waals surface area (Å²) in [7, 11) is 1.55. The van der Waals surface area contributed by atoms with Crippen molar-refractivity contribution in [1.29, 1.82) is 0 Å². The number of nitrogens with zero attached hydrogens (tertiary/aromatic N) is 6. The molecule has 0 fully saturated rings. The van der Waals surface area contributed by atoms with Gasteiger partial charge in [0.05, 0.1) is 49.8 Å². The van der Waals surface area contributed by atoms with Gasteiger partial charge in [-0.3, -0.25) is 10.1 Å². The summed E-state index contributed by atoms with van der Waals surface area (Å²) in [6.07, 6.45) is 6.23. The smallest absolute Gasteiger partial charge is 0.256 e. The summed E-state index contributed by atoms with van der Waals surface area (Å²) >= 11 is 0. The Kier molecular flexibility index (Phi) is 8.70. The molecule has 10 rings (SSSR count). The zero-order chi connectivity index (χ0) is 39.8. The van der Waals surface area contributed by atoms with Crippen LogP contribution in [-0.2, 0) is 22.3 Å². The zero-order valence-corrected chi connectivity index (χ0v) is 31.6. The molecule has 4 aliphatic heterocycles. The van der Waals surface area contributed by atoms with Gasteiger partial charge in [0.2, 0.25) is 0 Å². The fourth-order valence-corrected chi connectivity index (χ4v) is 8.60. The first-order valence-corrected chi connectivity index (χ1v) is 19.1. The number of benzene rings is 2. The predicted octanol–water partition coefficient (Wildman–Crippen LogP) is 3.81. The second kappa shape index (κ2) is 13.9. The molecule has 0 aliphatic carbocycles. The minimum atomic E-state index is -1.16. The van der Waals surface area contributed by atoms with Gasteiger partial charge in [0.25, 0.3) is 5.91 Å². The van der Waals surface area contributed by atoms with Crippen molar-refractivity contribution in [3.8, 4) is 11.5 Å². The lowest BCUT2D eigenvalue weighted by atomic mass is 9.94. The molecule has 2 aromatic carbocycles. The Morgan fingerprint density at radius 2 is 1.52 bits per heavy atom. The van der Waals surface area contributed by atoms with Gasteiger partial charge in [0, 0.05) is 67.8 Å². The molecule has 8 heterocycles. The number of aliphatic hydroxyl groups is 1. The van der Waals surface area contributed by atoms with E-state index >= 15 is 8.78 Å². The van der Waals surface area contributed by atoms with E-state index in [1.165, 1.54) is 35.0 Å². The van der Waals surface area contributed by atoms with E-state index in [0.717, 1.165) is 0 Å². The number of ether oxygens (including phenoxy) is 4. The minimum Gasteiger partial charge on any atom is -0.483 e. The van der Waals surface area contributed by atoms with Crippen LogP contribution in [0.3, 0.4) is 0 Å². The van der Waals surface area contributed by atoms with Gasteiger partial charge in [-0.25, -0.2) is 27.8 Å². The number of hydrogen-bond acceptors (Lipinski definition) is 13. The standard InChI is InChI=1S/C40H40F2N10O6/c1-21-26-11-24(41)9-22-14-40(57-33(22)26,18-44-38(54)28-15-45-51-6-3-31(47-21)49-35(28)51)20-56-8-5-30-27-12-25(42)10-23-13-39(19-55-2,58-34(23)27)17-43-37(53)29-16-46-52-7-4-32(48-30)50-36(29)52/h3-4,6-7,9-12,15-16,21,30,38,44,54H,5,8,13-14,17-20H2,1-2H3,(H,43,53)(H,47,49)(H,48,50)/t21-,30-,38?,39+,40-/m1/s1. The highest BCUT2D eigenvalue weighted by Gasteiger charge is 2.44. The molecule has 5 atom stereocenters. The summed E-state index contributed by atoms with van der Waals surface area (Å²) in [6.45, 7) is 2.48. The van der Waals surface area contributed by atoms with Crippen molar-refractivity contribution in [2.75, 3.05) is 50.7 Å². The number of halogens is 2. The second-order valence-electron chi connectivity index (χ2n) is 15.5. The minimum absolute atomic E-state index is 0.0539. The van der Waals surface area contributed by atoms with Crippen molar-refractivity contribution in [2.45, 2.75) is 55.7 Å². The highest BCUT2D eigenvalue weighted by Crippen LogP contribution is 2.44. The van der Waals surface area contributed by atoms with Gasteiger partial charge in [0.1, 0.15) is 52.2 Å². The normalized spacial score (nSPS) is 24.7. The van der Waals surface area contributed by atoms with Crippen molar-refractivity contribution in [3.05, 3.63) is 106 Å². The molecule has 5 N–H and O–H groups in total. The van der Waals surface area contributed by atoms with Gasteiger partial charge in [-0.15, -0.1) is 0 Å². The van der Waals surface area contributed by atoms with Crippen LogP contribution in [0.1, 0.15) is 69.8 Å². The van der Waals surface area contributed by atoms with Crippen LogP contribution in [0.25, 0.3) is 11.3 Å². The lowest BCUT2D eigenvalue weighted by Crippen LogP contribution is -2.50. The summed E-state index contributed by atoms with van der Waals surface area (Å²) in [4.78, 5) is 22.8. The topological polar surface area (TPSA) is 183 Å². The monoisotopic (exact) mass is 794 g/mol. The van der Waals surface area contributed by atoms with Gasteiger partial charge >= 0.3 is 0 Å². The molecule has 8 bridgehead atoms. The average molecular weight is 795 g/mol. The number of rotatable bonds is 7. The Morgan fingerprint density at radius 3 is 2.28 bits per heavy atom. The SMILES string of the molecule is COC[C@]12CNC(=O)c3cnn4ccc(nc34)N[C@H](CCOC[C@@]34CNC(O)c5cnn6ccc(nc56)N[C@H](C)c5cc(F)cc(c5O3)C4)c3cc(F)cc(c3O1)C2. The van der Waals surface area contributed by atoms with E-state index in [1.54, 1.807) is 42.3 Å². The maximum Gasteiger partial charge on any atom is 0.256 e. The molecular weight excluding hydrogens is 754 g/mol. The first kappa shape index (κ1) is 36.4. The molecule has 16 nitrogen and oxygen atoms in total. The van der Waals surface area contributed by atoms with E-state index in [1.807, 2.05) is 6.92 Å². The number of amides is 1. The Labute approximate surface area is 329 Å². The molecule has 0 spiro atoms. The van der Waals surface area contributed by atoms with Crippen LogP contribution < -0.4 is 30.7 Å². The van der Waals surface area contributed by atoms with Crippen LogP contribution >= 0.6 is 0 Å². The number of carbonyl (C=O) groups is 1. The predicted molar refractivity (Wildman–Crippen MR) is 204 cm³/mol. The van der Waals surface area contributed by atoms with Crippen molar-refractivity contribution in [3.63, 3.8) is 0 Å². The van der Waals surface area contributed by atoms with Crippen molar-refractivity contribution < 1.29 is 37.6 Å². The number of aliphatic hydroxyl groups excluding tert-OH is 1. The zero-order valence-electron chi connectivity index (χ0n) is 31.6. The number of hydrogen-bond donors (Lipinski definition) is 5. The van der Waals surface area contributed by atoms with Gasteiger partial charge in [0.15, 0.2) is 16.9 Å². The molecule has 0 radical (unpaired) electrons. The molecule has 0 saturated heterocycles. The molecule has 1 amide bonds.